The molecular weight excluding hydrogens is 344 g/mol. The summed E-state index contributed by atoms with van der Waals surface area (Å²) >= 11 is 3.29. The average Bonchev–Trinajstić information content (AvgIpc) is 2.57. The molecule has 0 aliphatic heterocycles. The van der Waals surface area contributed by atoms with E-state index in [4.69, 9.17) is 4.74 Å². The summed E-state index contributed by atoms with van der Waals surface area (Å²) in [7, 11) is 0. The van der Waals surface area contributed by atoms with E-state index in [1.54, 1.807) is 5.01 Å². The number of nitrogens with zero attached hydrogens (tertiary/aromatic N) is 2. The minimum absolute atomic E-state index is 0.382. The van der Waals surface area contributed by atoms with Gasteiger partial charge in [-0.15, -0.1) is 0 Å². The van der Waals surface area contributed by atoms with E-state index in [2.05, 4.69) is 21.0 Å². The molecule has 2 aromatic rings. The highest BCUT2D eigenvalue weighted by Crippen LogP contribution is 2.24. The summed E-state index contributed by atoms with van der Waals surface area (Å²) in [6, 6.07) is 19.3. The van der Waals surface area contributed by atoms with E-state index < -0.39 is 5.97 Å². The van der Waals surface area contributed by atoms with Crippen LogP contribution in [0.4, 0.5) is 11.4 Å². The van der Waals surface area contributed by atoms with Gasteiger partial charge < -0.3 is 4.74 Å². The van der Waals surface area contributed by atoms with Gasteiger partial charge in [0.15, 0.2) is 0 Å². The number of carbonyl (C=O) groups is 1. The van der Waals surface area contributed by atoms with Crippen molar-refractivity contribution >= 4 is 39.5 Å². The van der Waals surface area contributed by atoms with Crippen LogP contribution in [-0.2, 0) is 9.53 Å². The largest absolute Gasteiger partial charge is 0.461 e. The summed E-state index contributed by atoms with van der Waals surface area (Å²) in [5.74, 6) is -0.446. The highest BCUT2D eigenvalue weighted by Gasteiger charge is 2.07. The molecule has 22 heavy (non-hydrogen) atoms. The lowest BCUT2D eigenvalue weighted by atomic mass is 10.2. The van der Waals surface area contributed by atoms with Crippen molar-refractivity contribution in [3.05, 3.63) is 60.7 Å². The first kappa shape index (κ1) is 16.2. The number of halogens is 1. The molecule has 4 nitrogen and oxygen atoms in total. The number of benzene rings is 2. The van der Waals surface area contributed by atoms with Gasteiger partial charge in [0, 0.05) is 5.33 Å². The summed E-state index contributed by atoms with van der Waals surface area (Å²) in [6.07, 6.45) is 1.98. The first-order valence-electron chi connectivity index (χ1n) is 6.98. The number of hydrazone groups is 1. The van der Waals surface area contributed by atoms with E-state index in [1.165, 1.54) is 6.21 Å². The summed E-state index contributed by atoms with van der Waals surface area (Å²) in [6.45, 7) is 0.382. The van der Waals surface area contributed by atoms with Gasteiger partial charge in [0.2, 0.25) is 0 Å². The molecule has 0 amide bonds. The molecule has 0 radical (unpaired) electrons. The molecule has 0 fully saturated rings. The third-order valence-corrected chi connectivity index (χ3v) is 3.36. The van der Waals surface area contributed by atoms with Crippen LogP contribution in [0.5, 0.6) is 0 Å². The molecule has 0 bridgehead atoms. The highest BCUT2D eigenvalue weighted by molar-refractivity contribution is 9.09. The molecule has 2 aromatic carbocycles. The number of esters is 1. The molecule has 0 saturated carbocycles. The number of para-hydroxylation sites is 2. The number of hydrogen-bond donors (Lipinski definition) is 0. The van der Waals surface area contributed by atoms with Crippen LogP contribution in [0.25, 0.3) is 0 Å². The number of ether oxygens (including phenoxy) is 1. The Balaban J connectivity index is 2.14. The quantitative estimate of drug-likeness (QED) is 0.245. The average molecular weight is 361 g/mol. The van der Waals surface area contributed by atoms with Crippen molar-refractivity contribution in [1.82, 2.24) is 0 Å². The zero-order valence-electron chi connectivity index (χ0n) is 12.1. The van der Waals surface area contributed by atoms with E-state index in [0.717, 1.165) is 23.1 Å². The smallest absolute Gasteiger partial charge is 0.351 e. The highest BCUT2D eigenvalue weighted by atomic mass is 79.9. The molecule has 0 aliphatic rings. The molecule has 0 unspecified atom stereocenters. The van der Waals surface area contributed by atoms with Crippen LogP contribution in [0.1, 0.15) is 6.42 Å². The van der Waals surface area contributed by atoms with Crippen LogP contribution in [-0.4, -0.2) is 24.1 Å². The van der Waals surface area contributed by atoms with E-state index in [-0.39, 0.29) is 0 Å². The molecule has 2 rings (SSSR count). The summed E-state index contributed by atoms with van der Waals surface area (Å²) in [5, 5.41) is 6.77. The third-order valence-electron chi connectivity index (χ3n) is 2.80. The number of alkyl halides is 1. The molecule has 0 heterocycles. The van der Waals surface area contributed by atoms with Crippen molar-refractivity contribution in [1.29, 1.82) is 0 Å². The monoisotopic (exact) mass is 360 g/mol. The lowest BCUT2D eigenvalue weighted by molar-refractivity contribution is -0.135. The van der Waals surface area contributed by atoms with Crippen LogP contribution in [0, 0.1) is 0 Å². The molecule has 114 valence electrons. The second-order valence-corrected chi connectivity index (χ2v) is 5.23. The second-order valence-electron chi connectivity index (χ2n) is 4.44. The Morgan fingerprint density at radius 3 is 2.09 bits per heavy atom. The van der Waals surface area contributed by atoms with Crippen LogP contribution in [0.15, 0.2) is 65.8 Å². The predicted molar refractivity (Wildman–Crippen MR) is 92.9 cm³/mol. The topological polar surface area (TPSA) is 41.9 Å². The number of hydrogen-bond acceptors (Lipinski definition) is 4. The minimum Gasteiger partial charge on any atom is -0.461 e. The lowest BCUT2D eigenvalue weighted by Gasteiger charge is -2.18. The van der Waals surface area contributed by atoms with Crippen molar-refractivity contribution < 1.29 is 9.53 Å². The molecule has 5 heteroatoms. The maximum atomic E-state index is 11.7. The predicted octanol–water partition coefficient (Wildman–Crippen LogP) is 4.14. The molecular formula is C17H17BrN2O2. The first-order chi connectivity index (χ1) is 10.8. The number of anilines is 2. The molecule has 0 atom stereocenters. The Bertz CT molecular complexity index is 563. The Morgan fingerprint density at radius 1 is 1.05 bits per heavy atom. The number of rotatable bonds is 7. The van der Waals surface area contributed by atoms with Crippen molar-refractivity contribution in [2.24, 2.45) is 5.10 Å². The van der Waals surface area contributed by atoms with Gasteiger partial charge in [-0.25, -0.2) is 9.80 Å². The molecule has 0 aliphatic carbocycles. The van der Waals surface area contributed by atoms with E-state index in [1.807, 2.05) is 60.7 Å². The second kappa shape index (κ2) is 9.00. The normalized spacial score (nSPS) is 10.6. The van der Waals surface area contributed by atoms with Gasteiger partial charge in [-0.2, -0.15) is 5.10 Å². The Kier molecular flexibility index (Phi) is 6.64. The lowest BCUT2D eigenvalue weighted by Crippen LogP contribution is -2.13. The summed E-state index contributed by atoms with van der Waals surface area (Å²) in [5.41, 5.74) is 1.75. The van der Waals surface area contributed by atoms with Crippen molar-refractivity contribution in [2.75, 3.05) is 16.9 Å². The van der Waals surface area contributed by atoms with Gasteiger partial charge >= 0.3 is 5.97 Å². The van der Waals surface area contributed by atoms with Gasteiger partial charge in [-0.1, -0.05) is 52.3 Å². The van der Waals surface area contributed by atoms with Gasteiger partial charge in [0.1, 0.15) is 6.21 Å². The van der Waals surface area contributed by atoms with Crippen LogP contribution in [0.2, 0.25) is 0 Å². The molecule has 0 spiro atoms. The van der Waals surface area contributed by atoms with Gasteiger partial charge in [0.05, 0.1) is 18.0 Å². The fourth-order valence-electron chi connectivity index (χ4n) is 1.79. The van der Waals surface area contributed by atoms with Gasteiger partial charge in [-0.05, 0) is 30.7 Å². The third kappa shape index (κ3) is 5.00. The summed E-state index contributed by atoms with van der Waals surface area (Å²) < 4.78 is 5.06. The standard InChI is InChI=1S/C17H17BrN2O2/c18-12-7-13-22-17(21)14-19-20(15-8-3-1-4-9-15)16-10-5-2-6-11-16/h1-6,8-11,14H,7,12-13H2/b19-14+. The Labute approximate surface area is 138 Å². The van der Waals surface area contributed by atoms with Crippen molar-refractivity contribution in [3.63, 3.8) is 0 Å². The molecule has 0 saturated heterocycles. The molecule has 0 aromatic heterocycles. The van der Waals surface area contributed by atoms with Crippen molar-refractivity contribution in [3.8, 4) is 0 Å². The maximum absolute atomic E-state index is 11.7. The minimum atomic E-state index is -0.446. The maximum Gasteiger partial charge on any atom is 0.351 e. The summed E-state index contributed by atoms with van der Waals surface area (Å²) in [4.78, 5) is 11.7. The number of carbonyl (C=O) groups excluding carboxylic acids is 1. The zero-order valence-corrected chi connectivity index (χ0v) is 13.6. The first-order valence-corrected chi connectivity index (χ1v) is 8.10. The van der Waals surface area contributed by atoms with Crippen molar-refractivity contribution in [2.45, 2.75) is 6.42 Å². The van der Waals surface area contributed by atoms with Gasteiger partial charge in [-0.3, -0.25) is 0 Å². The van der Waals surface area contributed by atoms with E-state index in [0.29, 0.717) is 6.61 Å². The fourth-order valence-corrected chi connectivity index (χ4v) is 2.02. The Morgan fingerprint density at radius 2 is 1.59 bits per heavy atom. The van der Waals surface area contributed by atoms with Crippen LogP contribution in [0.3, 0.4) is 0 Å². The van der Waals surface area contributed by atoms with Gasteiger partial charge in [0.25, 0.3) is 0 Å². The van der Waals surface area contributed by atoms with E-state index in [9.17, 15) is 4.79 Å². The molecule has 0 N–H and O–H groups in total. The zero-order chi connectivity index (χ0) is 15.6. The SMILES string of the molecule is O=C(/C=N/N(c1ccccc1)c1ccccc1)OCCCBr. The fraction of sp³-hybridized carbons (Fsp3) is 0.176. The Hall–Kier alpha value is -2.14. The van der Waals surface area contributed by atoms with E-state index >= 15 is 0 Å². The van der Waals surface area contributed by atoms with Crippen LogP contribution < -0.4 is 5.01 Å². The van der Waals surface area contributed by atoms with Crippen LogP contribution >= 0.6 is 15.9 Å².